The zero-order valence-electron chi connectivity index (χ0n) is 19.8. The number of hydrogen-bond acceptors (Lipinski definition) is 4. The number of fused-ring (bicyclic) bond motifs is 4. The number of rotatable bonds is 6. The van der Waals surface area contributed by atoms with E-state index in [1.807, 2.05) is 18.2 Å². The first-order chi connectivity index (χ1) is 16.0. The van der Waals surface area contributed by atoms with Gasteiger partial charge in [-0.25, -0.2) is 0 Å². The Bertz CT molecular complexity index is 1180. The maximum absolute atomic E-state index is 13.6. The number of nitrogens with zero attached hydrogens (tertiary/aromatic N) is 3. The second-order valence-corrected chi connectivity index (χ2v) is 9.82. The summed E-state index contributed by atoms with van der Waals surface area (Å²) in [6, 6.07) is 20.9. The number of hydrogen-bond donors (Lipinski definition) is 0. The molecule has 3 heterocycles. The number of benzene rings is 2. The molecule has 5 nitrogen and oxygen atoms in total. The van der Waals surface area contributed by atoms with Crippen LogP contribution in [0.5, 0.6) is 5.75 Å². The predicted molar refractivity (Wildman–Crippen MR) is 133 cm³/mol. The normalized spacial score (nSPS) is 20.0. The standard InChI is InChI=1S/C28H33N3O2/c1-29(2)18-22-6-4-5-7-25(22)26-12-13-27-23-14-21(17-31(27)28(26)32)16-30(19-23)15-20-8-10-24(33-3)11-9-20/h4-13,21,23H,14-19H2,1-3H3/t21-,23-/m1/s1. The van der Waals surface area contributed by atoms with E-state index < -0.39 is 0 Å². The molecular weight excluding hydrogens is 410 g/mol. The van der Waals surface area contributed by atoms with Crippen LogP contribution in [0.15, 0.2) is 65.5 Å². The Morgan fingerprint density at radius 3 is 2.48 bits per heavy atom. The number of ether oxygens (including phenoxy) is 1. The molecule has 3 aromatic rings. The quantitative estimate of drug-likeness (QED) is 0.572. The molecule has 0 spiro atoms. The second-order valence-electron chi connectivity index (χ2n) is 9.82. The van der Waals surface area contributed by atoms with Crippen molar-refractivity contribution in [1.29, 1.82) is 0 Å². The molecule has 172 valence electrons. The van der Waals surface area contributed by atoms with Gasteiger partial charge in [-0.3, -0.25) is 9.69 Å². The Labute approximate surface area is 196 Å². The van der Waals surface area contributed by atoms with Gasteiger partial charge in [0.05, 0.1) is 7.11 Å². The molecule has 0 unspecified atom stereocenters. The van der Waals surface area contributed by atoms with E-state index >= 15 is 0 Å². The van der Waals surface area contributed by atoms with Gasteiger partial charge >= 0.3 is 0 Å². The molecule has 0 radical (unpaired) electrons. The van der Waals surface area contributed by atoms with E-state index in [4.69, 9.17) is 4.74 Å². The summed E-state index contributed by atoms with van der Waals surface area (Å²) in [5.41, 5.74) is 5.75. The minimum atomic E-state index is 0.164. The van der Waals surface area contributed by atoms with Crippen LogP contribution < -0.4 is 10.3 Å². The van der Waals surface area contributed by atoms with Crippen molar-refractivity contribution in [2.24, 2.45) is 5.92 Å². The van der Waals surface area contributed by atoms with Gasteiger partial charge in [0.25, 0.3) is 5.56 Å². The lowest BCUT2D eigenvalue weighted by Gasteiger charge is -2.43. The molecule has 1 saturated heterocycles. The van der Waals surface area contributed by atoms with Crippen LogP contribution in [0, 0.1) is 5.92 Å². The third-order valence-electron chi connectivity index (χ3n) is 7.04. The van der Waals surface area contributed by atoms with E-state index in [-0.39, 0.29) is 5.56 Å². The minimum absolute atomic E-state index is 0.164. The summed E-state index contributed by atoms with van der Waals surface area (Å²) >= 11 is 0. The van der Waals surface area contributed by atoms with Crippen molar-refractivity contribution in [3.05, 3.63) is 87.8 Å². The molecule has 2 aliphatic heterocycles. The molecule has 2 aliphatic rings. The van der Waals surface area contributed by atoms with Crippen LogP contribution in [-0.2, 0) is 19.6 Å². The van der Waals surface area contributed by atoms with Crippen molar-refractivity contribution in [2.45, 2.75) is 32.0 Å². The number of methoxy groups -OCH3 is 1. The topological polar surface area (TPSA) is 37.7 Å². The summed E-state index contributed by atoms with van der Waals surface area (Å²) in [6.45, 7) is 4.61. The van der Waals surface area contributed by atoms with Crippen LogP contribution in [0.2, 0.25) is 0 Å². The van der Waals surface area contributed by atoms with Gasteiger partial charge in [-0.2, -0.15) is 0 Å². The van der Waals surface area contributed by atoms with Crippen molar-refractivity contribution in [1.82, 2.24) is 14.4 Å². The maximum atomic E-state index is 13.6. The Hall–Kier alpha value is -2.89. The Balaban J connectivity index is 1.40. The van der Waals surface area contributed by atoms with Gasteiger partial charge in [-0.15, -0.1) is 0 Å². The molecule has 1 fully saturated rings. The highest BCUT2D eigenvalue weighted by Crippen LogP contribution is 2.36. The lowest BCUT2D eigenvalue weighted by Crippen LogP contribution is -2.46. The molecule has 0 aliphatic carbocycles. The highest BCUT2D eigenvalue weighted by molar-refractivity contribution is 5.66. The van der Waals surface area contributed by atoms with Crippen LogP contribution in [0.1, 0.15) is 29.2 Å². The first-order valence-electron chi connectivity index (χ1n) is 11.8. The zero-order valence-corrected chi connectivity index (χ0v) is 19.8. The summed E-state index contributed by atoms with van der Waals surface area (Å²) in [7, 11) is 5.83. The number of likely N-dealkylation sites (tertiary alicyclic amines) is 1. The van der Waals surface area contributed by atoms with Crippen molar-refractivity contribution in [3.63, 3.8) is 0 Å². The molecule has 5 rings (SSSR count). The molecule has 0 N–H and O–H groups in total. The molecule has 2 atom stereocenters. The van der Waals surface area contributed by atoms with Crippen LogP contribution in [0.4, 0.5) is 0 Å². The summed E-state index contributed by atoms with van der Waals surface area (Å²) in [5, 5.41) is 0. The highest BCUT2D eigenvalue weighted by Gasteiger charge is 2.35. The second kappa shape index (κ2) is 9.16. The summed E-state index contributed by atoms with van der Waals surface area (Å²) < 4.78 is 7.36. The van der Waals surface area contributed by atoms with Crippen LogP contribution in [0.25, 0.3) is 11.1 Å². The zero-order chi connectivity index (χ0) is 22.9. The SMILES string of the molecule is COc1ccc(CN2C[C@H]3C[C@H](C2)c2ccc(-c4ccccc4CN(C)C)c(=O)n2C3)cc1. The summed E-state index contributed by atoms with van der Waals surface area (Å²) in [5.74, 6) is 1.82. The van der Waals surface area contributed by atoms with E-state index in [9.17, 15) is 4.79 Å². The van der Waals surface area contributed by atoms with Crippen LogP contribution >= 0.6 is 0 Å². The molecule has 2 aromatic carbocycles. The molecular formula is C28H33N3O2. The lowest BCUT2D eigenvalue weighted by molar-refractivity contribution is 0.114. The van der Waals surface area contributed by atoms with Gasteiger partial charge in [0.1, 0.15) is 5.75 Å². The van der Waals surface area contributed by atoms with Crippen molar-refractivity contribution in [2.75, 3.05) is 34.3 Å². The molecule has 2 bridgehead atoms. The van der Waals surface area contributed by atoms with Gasteiger partial charge in [0, 0.05) is 49.9 Å². The highest BCUT2D eigenvalue weighted by atomic mass is 16.5. The average molecular weight is 444 g/mol. The Morgan fingerprint density at radius 1 is 0.939 bits per heavy atom. The fourth-order valence-corrected chi connectivity index (χ4v) is 5.63. The fraction of sp³-hybridized carbons (Fsp3) is 0.393. The van der Waals surface area contributed by atoms with Crippen molar-refractivity contribution in [3.8, 4) is 16.9 Å². The molecule has 5 heteroatoms. The van der Waals surface area contributed by atoms with Gasteiger partial charge < -0.3 is 14.2 Å². The van der Waals surface area contributed by atoms with Gasteiger partial charge in [-0.1, -0.05) is 36.4 Å². The lowest BCUT2D eigenvalue weighted by atomic mass is 9.82. The largest absolute Gasteiger partial charge is 0.497 e. The molecule has 0 amide bonds. The maximum Gasteiger partial charge on any atom is 0.258 e. The van der Waals surface area contributed by atoms with E-state index in [0.717, 1.165) is 49.6 Å². The molecule has 1 aromatic heterocycles. The first kappa shape index (κ1) is 21.9. The number of pyridine rings is 1. The van der Waals surface area contributed by atoms with Gasteiger partial charge in [0.2, 0.25) is 0 Å². The van der Waals surface area contributed by atoms with E-state index in [1.165, 1.54) is 23.2 Å². The van der Waals surface area contributed by atoms with E-state index in [0.29, 0.717) is 11.8 Å². The van der Waals surface area contributed by atoms with E-state index in [1.54, 1.807) is 7.11 Å². The third kappa shape index (κ3) is 4.48. The van der Waals surface area contributed by atoms with Crippen molar-refractivity contribution >= 4 is 0 Å². The Kier molecular flexibility index (Phi) is 6.09. The molecule has 0 saturated carbocycles. The summed E-state index contributed by atoms with van der Waals surface area (Å²) in [6.07, 6.45) is 1.18. The van der Waals surface area contributed by atoms with Gasteiger partial charge in [0.15, 0.2) is 0 Å². The summed E-state index contributed by atoms with van der Waals surface area (Å²) in [4.78, 5) is 18.3. The number of aromatic nitrogens is 1. The monoisotopic (exact) mass is 443 g/mol. The average Bonchev–Trinajstić information content (AvgIpc) is 2.80. The minimum Gasteiger partial charge on any atom is -0.497 e. The Morgan fingerprint density at radius 2 is 1.73 bits per heavy atom. The predicted octanol–water partition coefficient (Wildman–Crippen LogP) is 4.20. The van der Waals surface area contributed by atoms with Crippen LogP contribution in [-0.4, -0.2) is 48.7 Å². The van der Waals surface area contributed by atoms with Gasteiger partial charge in [-0.05, 0) is 67.4 Å². The van der Waals surface area contributed by atoms with Crippen molar-refractivity contribution < 1.29 is 4.74 Å². The van der Waals surface area contributed by atoms with E-state index in [2.05, 4.69) is 70.9 Å². The number of piperidine rings is 1. The first-order valence-corrected chi connectivity index (χ1v) is 11.8. The molecule has 33 heavy (non-hydrogen) atoms. The fourth-order valence-electron chi connectivity index (χ4n) is 5.63. The third-order valence-corrected chi connectivity index (χ3v) is 7.04. The smallest absolute Gasteiger partial charge is 0.258 e. The van der Waals surface area contributed by atoms with Crippen LogP contribution in [0.3, 0.4) is 0 Å².